The molecule has 1 aliphatic carbocycles. The Hall–Kier alpha value is -0.980. The van der Waals surface area contributed by atoms with Crippen LogP contribution < -0.4 is 4.72 Å². The van der Waals surface area contributed by atoms with Crippen molar-refractivity contribution < 1.29 is 17.9 Å². The first-order valence-corrected chi connectivity index (χ1v) is 8.70. The predicted molar refractivity (Wildman–Crippen MR) is 82.1 cm³/mol. The number of methoxy groups -OCH3 is 1. The quantitative estimate of drug-likeness (QED) is 0.846. The molecule has 2 unspecified atom stereocenters. The van der Waals surface area contributed by atoms with E-state index in [1.807, 2.05) is 0 Å². The fourth-order valence-corrected chi connectivity index (χ4v) is 4.72. The Bertz CT molecular complexity index is 648. The van der Waals surface area contributed by atoms with Gasteiger partial charge < -0.3 is 4.74 Å². The lowest BCUT2D eigenvalue weighted by atomic mass is 10.1. The number of nitrogens with one attached hydrogen (secondary N) is 1. The Kier molecular flexibility index (Phi) is 5.01. The van der Waals surface area contributed by atoms with Crippen LogP contribution in [-0.4, -0.2) is 26.7 Å². The minimum Gasteiger partial charge on any atom is -0.469 e. The minimum atomic E-state index is -3.75. The van der Waals surface area contributed by atoms with Crippen molar-refractivity contribution in [2.24, 2.45) is 5.92 Å². The zero-order valence-corrected chi connectivity index (χ0v) is 13.6. The van der Waals surface area contributed by atoms with Gasteiger partial charge in [0.1, 0.15) is 0 Å². The smallest absolute Gasteiger partial charge is 0.310 e. The molecule has 21 heavy (non-hydrogen) atoms. The molecule has 0 aromatic heterocycles. The number of anilines is 1. The predicted octanol–water partition coefficient (Wildman–Crippen LogP) is 3.08. The van der Waals surface area contributed by atoms with Crippen molar-refractivity contribution in [2.45, 2.75) is 24.5 Å². The maximum atomic E-state index is 12.5. The van der Waals surface area contributed by atoms with Crippen molar-refractivity contribution in [3.05, 3.63) is 28.2 Å². The molecular weight excluding hydrogens is 337 g/mol. The molecule has 1 aromatic carbocycles. The second-order valence-corrected chi connectivity index (χ2v) is 7.53. The zero-order valence-electron chi connectivity index (χ0n) is 11.3. The summed E-state index contributed by atoms with van der Waals surface area (Å²) in [6.07, 6.45) is 1.57. The van der Waals surface area contributed by atoms with Gasteiger partial charge in [-0.25, -0.2) is 8.42 Å². The number of halogens is 2. The summed E-state index contributed by atoms with van der Waals surface area (Å²) in [4.78, 5) is 11.7. The van der Waals surface area contributed by atoms with Crippen LogP contribution in [0.5, 0.6) is 0 Å². The van der Waals surface area contributed by atoms with Gasteiger partial charge in [-0.3, -0.25) is 9.52 Å². The molecule has 0 saturated heterocycles. The fraction of sp³-hybridized carbons (Fsp3) is 0.462. The van der Waals surface area contributed by atoms with Gasteiger partial charge in [0.15, 0.2) is 0 Å². The van der Waals surface area contributed by atoms with E-state index in [0.717, 1.165) is 0 Å². The van der Waals surface area contributed by atoms with E-state index in [0.29, 0.717) is 19.3 Å². The number of carbonyl (C=O) groups excluding carboxylic acids is 1. The molecular formula is C13H15Cl2NO4S. The lowest BCUT2D eigenvalue weighted by Gasteiger charge is -2.19. The standard InChI is InChI=1S/C13H15Cl2NO4S/c1-20-13(17)8-4-2-7-11(8)21(18,19)16-10-6-3-5-9(14)12(10)15/h3,5-6,8,11,16H,2,4,7H2,1H3. The van der Waals surface area contributed by atoms with E-state index < -0.39 is 27.2 Å². The Morgan fingerprint density at radius 1 is 1.33 bits per heavy atom. The van der Waals surface area contributed by atoms with Crippen molar-refractivity contribution in [2.75, 3.05) is 11.8 Å². The van der Waals surface area contributed by atoms with Crippen LogP contribution in [0.4, 0.5) is 5.69 Å². The molecule has 1 aliphatic rings. The second-order valence-electron chi connectivity index (χ2n) is 4.85. The van der Waals surface area contributed by atoms with Crippen LogP contribution in [0, 0.1) is 5.92 Å². The monoisotopic (exact) mass is 351 g/mol. The highest BCUT2D eigenvalue weighted by Crippen LogP contribution is 2.35. The van der Waals surface area contributed by atoms with Crippen LogP contribution in [0.15, 0.2) is 18.2 Å². The topological polar surface area (TPSA) is 72.5 Å². The molecule has 5 nitrogen and oxygen atoms in total. The van der Waals surface area contributed by atoms with E-state index in [2.05, 4.69) is 9.46 Å². The first-order chi connectivity index (χ1) is 9.86. The zero-order chi connectivity index (χ0) is 15.6. The molecule has 2 rings (SSSR count). The molecule has 1 N–H and O–H groups in total. The Labute approximate surface area is 133 Å². The van der Waals surface area contributed by atoms with Gasteiger partial charge in [0, 0.05) is 0 Å². The molecule has 2 atom stereocenters. The first kappa shape index (κ1) is 16.4. The third kappa shape index (κ3) is 3.44. The number of ether oxygens (including phenoxy) is 1. The van der Waals surface area contributed by atoms with Gasteiger partial charge in [-0.1, -0.05) is 35.7 Å². The average Bonchev–Trinajstić information content (AvgIpc) is 2.93. The number of benzene rings is 1. The average molecular weight is 352 g/mol. The molecule has 8 heteroatoms. The van der Waals surface area contributed by atoms with Crippen molar-refractivity contribution in [1.29, 1.82) is 0 Å². The summed E-state index contributed by atoms with van der Waals surface area (Å²) in [5, 5.41) is -0.428. The highest BCUT2D eigenvalue weighted by molar-refractivity contribution is 7.93. The lowest BCUT2D eigenvalue weighted by Crippen LogP contribution is -2.35. The van der Waals surface area contributed by atoms with E-state index in [1.165, 1.54) is 13.2 Å². The van der Waals surface area contributed by atoms with Crippen molar-refractivity contribution >= 4 is 44.9 Å². The van der Waals surface area contributed by atoms with Gasteiger partial charge in [-0.05, 0) is 25.0 Å². The molecule has 0 radical (unpaired) electrons. The molecule has 0 heterocycles. The molecule has 1 fully saturated rings. The van der Waals surface area contributed by atoms with Crippen LogP contribution in [0.25, 0.3) is 0 Å². The highest BCUT2D eigenvalue weighted by atomic mass is 35.5. The van der Waals surface area contributed by atoms with E-state index in [4.69, 9.17) is 23.2 Å². The van der Waals surface area contributed by atoms with Crippen LogP contribution in [0.1, 0.15) is 19.3 Å². The van der Waals surface area contributed by atoms with E-state index >= 15 is 0 Å². The normalized spacial score (nSPS) is 22.0. The summed E-state index contributed by atoms with van der Waals surface area (Å²) in [6.45, 7) is 0. The van der Waals surface area contributed by atoms with Gasteiger partial charge >= 0.3 is 5.97 Å². The summed E-state index contributed by atoms with van der Waals surface area (Å²) in [6, 6.07) is 4.68. The van der Waals surface area contributed by atoms with Crippen molar-refractivity contribution in [1.82, 2.24) is 0 Å². The first-order valence-electron chi connectivity index (χ1n) is 6.40. The molecule has 1 aromatic rings. The number of sulfonamides is 1. The molecule has 116 valence electrons. The summed E-state index contributed by atoms with van der Waals surface area (Å²) < 4.78 is 32.1. The Morgan fingerprint density at radius 3 is 2.71 bits per heavy atom. The highest BCUT2D eigenvalue weighted by Gasteiger charge is 2.42. The molecule has 0 bridgehead atoms. The van der Waals surface area contributed by atoms with Crippen molar-refractivity contribution in [3.63, 3.8) is 0 Å². The third-order valence-electron chi connectivity index (χ3n) is 3.56. The van der Waals surface area contributed by atoms with Gasteiger partial charge in [-0.2, -0.15) is 0 Å². The largest absolute Gasteiger partial charge is 0.469 e. The van der Waals surface area contributed by atoms with Crippen molar-refractivity contribution in [3.8, 4) is 0 Å². The number of rotatable bonds is 4. The summed E-state index contributed by atoms with van der Waals surface area (Å²) in [5.74, 6) is -1.15. The van der Waals surface area contributed by atoms with Gasteiger partial charge in [0.25, 0.3) is 0 Å². The Balaban J connectivity index is 2.26. The molecule has 1 saturated carbocycles. The van der Waals surface area contributed by atoms with Crippen LogP contribution >= 0.6 is 23.2 Å². The van der Waals surface area contributed by atoms with Gasteiger partial charge in [-0.15, -0.1) is 0 Å². The summed E-state index contributed by atoms with van der Waals surface area (Å²) >= 11 is 11.8. The third-order valence-corrected chi connectivity index (χ3v) is 6.24. The number of hydrogen-bond donors (Lipinski definition) is 1. The van der Waals surface area contributed by atoms with E-state index in [1.54, 1.807) is 12.1 Å². The maximum absolute atomic E-state index is 12.5. The summed E-state index contributed by atoms with van der Waals surface area (Å²) in [5.41, 5.74) is 0.208. The minimum absolute atomic E-state index is 0.135. The second kappa shape index (κ2) is 6.42. The SMILES string of the molecule is COC(=O)C1CCCC1S(=O)(=O)Nc1cccc(Cl)c1Cl. The Morgan fingerprint density at radius 2 is 2.05 bits per heavy atom. The van der Waals surface area contributed by atoms with Crippen LogP contribution in [0.3, 0.4) is 0 Å². The van der Waals surface area contributed by atoms with Gasteiger partial charge in [0.2, 0.25) is 10.0 Å². The van der Waals surface area contributed by atoms with Crippen LogP contribution in [-0.2, 0) is 19.6 Å². The number of carbonyl (C=O) groups is 1. The summed E-state index contributed by atoms with van der Waals surface area (Å²) in [7, 11) is -2.49. The maximum Gasteiger partial charge on any atom is 0.310 e. The molecule has 0 aliphatic heterocycles. The number of hydrogen-bond acceptors (Lipinski definition) is 4. The molecule has 0 amide bonds. The van der Waals surface area contributed by atoms with Gasteiger partial charge in [0.05, 0.1) is 34.0 Å². The van der Waals surface area contributed by atoms with E-state index in [9.17, 15) is 13.2 Å². The van der Waals surface area contributed by atoms with E-state index in [-0.39, 0.29) is 15.7 Å². The lowest BCUT2D eigenvalue weighted by molar-refractivity contribution is -0.145. The fourth-order valence-electron chi connectivity index (χ4n) is 2.53. The van der Waals surface area contributed by atoms with Crippen LogP contribution in [0.2, 0.25) is 10.0 Å². The number of esters is 1. The molecule has 0 spiro atoms.